The van der Waals surface area contributed by atoms with Crippen molar-refractivity contribution in [2.45, 2.75) is 31.1 Å². The molecule has 0 aliphatic heterocycles. The summed E-state index contributed by atoms with van der Waals surface area (Å²) in [6.45, 7) is 4.06. The van der Waals surface area contributed by atoms with E-state index in [1.54, 1.807) is 18.0 Å². The molecule has 0 amide bonds. The third-order valence-corrected chi connectivity index (χ3v) is 3.86. The molecule has 1 atom stereocenters. The maximum atomic E-state index is 5.66. The number of imidazole rings is 1. The Morgan fingerprint density at radius 3 is 2.60 bits per heavy atom. The summed E-state index contributed by atoms with van der Waals surface area (Å²) < 4.78 is 5.66. The highest BCUT2D eigenvalue weighted by Crippen LogP contribution is 2.24. The molecule has 1 aromatic heterocycles. The van der Waals surface area contributed by atoms with Gasteiger partial charge in [0, 0.05) is 24.2 Å². The summed E-state index contributed by atoms with van der Waals surface area (Å²) in [5.41, 5.74) is 1.25. The van der Waals surface area contributed by atoms with Crippen molar-refractivity contribution in [3.8, 4) is 5.75 Å². The summed E-state index contributed by atoms with van der Waals surface area (Å²) >= 11 is 1.71. The second kappa shape index (κ2) is 7.36. The second-order valence-corrected chi connectivity index (χ2v) is 5.79. The third kappa shape index (κ3) is 4.28. The second-order valence-electron chi connectivity index (χ2n) is 4.78. The molecule has 0 fully saturated rings. The molecular weight excluding hydrogens is 270 g/mol. The van der Waals surface area contributed by atoms with Crippen molar-refractivity contribution >= 4 is 11.8 Å². The molecule has 0 radical (unpaired) electrons. The fourth-order valence-electron chi connectivity index (χ4n) is 1.89. The van der Waals surface area contributed by atoms with Crippen LogP contribution in [0.25, 0.3) is 0 Å². The van der Waals surface area contributed by atoms with Crippen molar-refractivity contribution in [2.75, 3.05) is 12.8 Å². The van der Waals surface area contributed by atoms with Crippen LogP contribution < -0.4 is 10.1 Å². The van der Waals surface area contributed by atoms with Crippen molar-refractivity contribution in [2.24, 2.45) is 0 Å². The zero-order chi connectivity index (χ0) is 14.4. The normalized spacial score (nSPS) is 12.6. The van der Waals surface area contributed by atoms with E-state index in [2.05, 4.69) is 27.4 Å². The van der Waals surface area contributed by atoms with Gasteiger partial charge in [0.05, 0.1) is 6.10 Å². The van der Waals surface area contributed by atoms with Gasteiger partial charge >= 0.3 is 0 Å². The van der Waals surface area contributed by atoms with Crippen molar-refractivity contribution in [1.29, 1.82) is 0 Å². The van der Waals surface area contributed by atoms with E-state index in [1.165, 1.54) is 5.56 Å². The van der Waals surface area contributed by atoms with Gasteiger partial charge in [-0.15, -0.1) is 0 Å². The zero-order valence-electron chi connectivity index (χ0n) is 12.1. The van der Waals surface area contributed by atoms with Crippen LogP contribution >= 0.6 is 11.8 Å². The predicted octanol–water partition coefficient (Wildman–Crippen LogP) is 3.25. The first-order chi connectivity index (χ1) is 9.69. The smallest absolute Gasteiger partial charge is 0.165 e. The van der Waals surface area contributed by atoms with Gasteiger partial charge in [0.2, 0.25) is 0 Å². The Labute approximate surface area is 124 Å². The Morgan fingerprint density at radius 2 is 2.05 bits per heavy atom. The molecule has 2 rings (SSSR count). The number of nitrogens with one attached hydrogen (secondary N) is 2. The molecule has 0 bridgehead atoms. The van der Waals surface area contributed by atoms with Crippen LogP contribution in [0, 0.1) is 0 Å². The summed E-state index contributed by atoms with van der Waals surface area (Å²) in [6.07, 6.45) is 3.82. The Kier molecular flexibility index (Phi) is 5.49. The molecule has 1 heterocycles. The molecule has 0 spiro atoms. The third-order valence-electron chi connectivity index (χ3n) is 2.86. The maximum absolute atomic E-state index is 5.66. The van der Waals surface area contributed by atoms with Crippen LogP contribution in [0.3, 0.4) is 0 Å². The zero-order valence-corrected chi connectivity index (χ0v) is 12.9. The first-order valence-electron chi connectivity index (χ1n) is 6.75. The number of rotatable bonds is 7. The summed E-state index contributed by atoms with van der Waals surface area (Å²) in [5.74, 6) is 1.84. The van der Waals surface area contributed by atoms with Gasteiger partial charge in [0.15, 0.2) is 5.16 Å². The highest BCUT2D eigenvalue weighted by Gasteiger charge is 2.11. The average Bonchev–Trinajstić information content (AvgIpc) is 2.94. The number of hydrogen-bond donors (Lipinski definition) is 2. The lowest BCUT2D eigenvalue weighted by atomic mass is 10.1. The standard InChI is InChI=1S/C15H21N3OS/c1-11(2)19-13-6-4-12(5-7-13)14(16-3)10-20-15-17-8-9-18-15/h4-9,11,14,16H,10H2,1-3H3,(H,17,18). The summed E-state index contributed by atoms with van der Waals surface area (Å²) in [4.78, 5) is 7.33. The van der Waals surface area contributed by atoms with E-state index >= 15 is 0 Å². The Morgan fingerprint density at radius 1 is 1.30 bits per heavy atom. The molecule has 0 aliphatic rings. The summed E-state index contributed by atoms with van der Waals surface area (Å²) in [5, 5.41) is 4.29. The van der Waals surface area contributed by atoms with Crippen LogP contribution in [0.2, 0.25) is 0 Å². The van der Waals surface area contributed by atoms with Gasteiger partial charge in [-0.25, -0.2) is 4.98 Å². The van der Waals surface area contributed by atoms with Gasteiger partial charge in [0.1, 0.15) is 5.75 Å². The van der Waals surface area contributed by atoms with Crippen molar-refractivity contribution in [1.82, 2.24) is 15.3 Å². The fraction of sp³-hybridized carbons (Fsp3) is 0.400. The number of nitrogens with zero attached hydrogens (tertiary/aromatic N) is 1. The topological polar surface area (TPSA) is 49.9 Å². The van der Waals surface area contributed by atoms with E-state index in [0.717, 1.165) is 16.7 Å². The minimum Gasteiger partial charge on any atom is -0.491 e. The van der Waals surface area contributed by atoms with Crippen LogP contribution in [-0.4, -0.2) is 28.9 Å². The van der Waals surface area contributed by atoms with E-state index in [9.17, 15) is 0 Å². The molecule has 0 saturated carbocycles. The molecule has 2 aromatic rings. The Balaban J connectivity index is 1.96. The summed E-state index contributed by atoms with van der Waals surface area (Å²) in [6, 6.07) is 8.57. The van der Waals surface area contributed by atoms with E-state index in [1.807, 2.05) is 39.2 Å². The molecular formula is C15H21N3OS. The monoisotopic (exact) mass is 291 g/mol. The van der Waals surface area contributed by atoms with Crippen LogP contribution in [0.5, 0.6) is 5.75 Å². The van der Waals surface area contributed by atoms with E-state index in [-0.39, 0.29) is 6.10 Å². The van der Waals surface area contributed by atoms with Crippen LogP contribution in [0.4, 0.5) is 0 Å². The SMILES string of the molecule is CNC(CSc1ncc[nH]1)c1ccc(OC(C)C)cc1. The average molecular weight is 291 g/mol. The molecule has 1 aromatic carbocycles. The lowest BCUT2D eigenvalue weighted by Gasteiger charge is -2.17. The van der Waals surface area contributed by atoms with Crippen LogP contribution in [0.15, 0.2) is 41.8 Å². The molecule has 2 N–H and O–H groups in total. The molecule has 0 aliphatic carbocycles. The Bertz CT molecular complexity index is 496. The first-order valence-corrected chi connectivity index (χ1v) is 7.73. The number of aromatic nitrogens is 2. The fourth-order valence-corrected chi connectivity index (χ4v) is 2.86. The van der Waals surface area contributed by atoms with Crippen molar-refractivity contribution in [3.63, 3.8) is 0 Å². The molecule has 108 valence electrons. The number of aromatic amines is 1. The van der Waals surface area contributed by atoms with Gasteiger partial charge in [0.25, 0.3) is 0 Å². The van der Waals surface area contributed by atoms with Crippen LogP contribution in [-0.2, 0) is 0 Å². The highest BCUT2D eigenvalue weighted by atomic mass is 32.2. The lowest BCUT2D eigenvalue weighted by Crippen LogP contribution is -2.18. The molecule has 4 nitrogen and oxygen atoms in total. The predicted molar refractivity (Wildman–Crippen MR) is 83.3 cm³/mol. The highest BCUT2D eigenvalue weighted by molar-refractivity contribution is 7.99. The molecule has 5 heteroatoms. The van der Waals surface area contributed by atoms with Crippen LogP contribution in [0.1, 0.15) is 25.5 Å². The number of H-pyrrole nitrogens is 1. The molecule has 0 saturated heterocycles. The first kappa shape index (κ1) is 14.9. The minimum atomic E-state index is 0.204. The number of hydrogen-bond acceptors (Lipinski definition) is 4. The molecule has 20 heavy (non-hydrogen) atoms. The van der Waals surface area contributed by atoms with E-state index in [4.69, 9.17) is 4.74 Å². The van der Waals surface area contributed by atoms with Gasteiger partial charge < -0.3 is 15.0 Å². The maximum Gasteiger partial charge on any atom is 0.165 e. The van der Waals surface area contributed by atoms with Crippen molar-refractivity contribution < 1.29 is 4.74 Å². The minimum absolute atomic E-state index is 0.204. The number of benzene rings is 1. The van der Waals surface area contributed by atoms with Gasteiger partial charge in [-0.05, 0) is 38.6 Å². The number of ether oxygens (including phenoxy) is 1. The number of thioether (sulfide) groups is 1. The quantitative estimate of drug-likeness (QED) is 0.769. The Hall–Kier alpha value is -1.46. The van der Waals surface area contributed by atoms with E-state index < -0.39 is 0 Å². The van der Waals surface area contributed by atoms with Gasteiger partial charge in [-0.3, -0.25) is 0 Å². The lowest BCUT2D eigenvalue weighted by molar-refractivity contribution is 0.242. The summed E-state index contributed by atoms with van der Waals surface area (Å²) in [7, 11) is 1.98. The van der Waals surface area contributed by atoms with Gasteiger partial charge in [-0.1, -0.05) is 23.9 Å². The largest absolute Gasteiger partial charge is 0.491 e. The molecule has 1 unspecified atom stereocenters. The van der Waals surface area contributed by atoms with E-state index in [0.29, 0.717) is 6.04 Å². The van der Waals surface area contributed by atoms with Gasteiger partial charge in [-0.2, -0.15) is 0 Å². The van der Waals surface area contributed by atoms with Crippen molar-refractivity contribution in [3.05, 3.63) is 42.2 Å².